The maximum absolute atomic E-state index is 12.3. The van der Waals surface area contributed by atoms with E-state index in [4.69, 9.17) is 0 Å². The molecule has 1 heterocycles. The van der Waals surface area contributed by atoms with Crippen LogP contribution in [0.15, 0.2) is 30.3 Å². The Kier molecular flexibility index (Phi) is 6.79. The molecule has 1 aliphatic rings. The number of piperidine rings is 1. The van der Waals surface area contributed by atoms with E-state index in [1.807, 2.05) is 42.2 Å². The molecule has 1 aromatic carbocycles. The zero-order valence-corrected chi connectivity index (χ0v) is 14.9. The van der Waals surface area contributed by atoms with E-state index in [1.165, 1.54) is 0 Å². The summed E-state index contributed by atoms with van der Waals surface area (Å²) in [6, 6.07) is 9.95. The van der Waals surface area contributed by atoms with Crippen LogP contribution in [-0.2, 0) is 16.1 Å². The van der Waals surface area contributed by atoms with Crippen LogP contribution in [0.5, 0.6) is 0 Å². The molecule has 1 aromatic rings. The minimum Gasteiger partial charge on any atom is -0.351 e. The molecule has 3 atom stereocenters. The third-order valence-electron chi connectivity index (χ3n) is 4.87. The van der Waals surface area contributed by atoms with Gasteiger partial charge in [0.05, 0.1) is 6.04 Å². The summed E-state index contributed by atoms with van der Waals surface area (Å²) in [7, 11) is 0. The van der Waals surface area contributed by atoms with E-state index >= 15 is 0 Å². The highest BCUT2D eigenvalue weighted by Crippen LogP contribution is 2.20. The van der Waals surface area contributed by atoms with Gasteiger partial charge in [-0.15, -0.1) is 0 Å². The van der Waals surface area contributed by atoms with Crippen molar-refractivity contribution in [3.63, 3.8) is 0 Å². The molecule has 0 aliphatic carbocycles. The Morgan fingerprint density at radius 2 is 2.00 bits per heavy atom. The SMILES string of the molecule is CCC1CN(C(C)=O)CCC1NC(C)C(=O)NCc1ccccc1. The third kappa shape index (κ3) is 5.06. The number of carbonyl (C=O) groups excluding carboxylic acids is 2. The van der Waals surface area contributed by atoms with Gasteiger partial charge in [0.2, 0.25) is 11.8 Å². The number of amides is 2. The van der Waals surface area contributed by atoms with E-state index in [9.17, 15) is 9.59 Å². The zero-order valence-electron chi connectivity index (χ0n) is 14.9. The van der Waals surface area contributed by atoms with E-state index in [0.717, 1.165) is 31.5 Å². The maximum atomic E-state index is 12.3. The Morgan fingerprint density at radius 1 is 1.29 bits per heavy atom. The second kappa shape index (κ2) is 8.83. The van der Waals surface area contributed by atoms with E-state index in [1.54, 1.807) is 6.92 Å². The second-order valence-electron chi connectivity index (χ2n) is 6.62. The van der Waals surface area contributed by atoms with Gasteiger partial charge in [-0.3, -0.25) is 9.59 Å². The Balaban J connectivity index is 1.83. The third-order valence-corrected chi connectivity index (χ3v) is 4.87. The average molecular weight is 331 g/mol. The number of carbonyl (C=O) groups is 2. The van der Waals surface area contributed by atoms with E-state index < -0.39 is 0 Å². The smallest absolute Gasteiger partial charge is 0.237 e. The van der Waals surface area contributed by atoms with E-state index in [2.05, 4.69) is 17.6 Å². The summed E-state index contributed by atoms with van der Waals surface area (Å²) in [4.78, 5) is 25.8. The van der Waals surface area contributed by atoms with Crippen LogP contribution in [0.2, 0.25) is 0 Å². The van der Waals surface area contributed by atoms with Gasteiger partial charge in [0, 0.05) is 32.6 Å². The molecule has 132 valence electrons. The van der Waals surface area contributed by atoms with Crippen molar-refractivity contribution in [1.29, 1.82) is 0 Å². The van der Waals surface area contributed by atoms with Crippen LogP contribution in [0, 0.1) is 5.92 Å². The monoisotopic (exact) mass is 331 g/mol. The summed E-state index contributed by atoms with van der Waals surface area (Å²) >= 11 is 0. The van der Waals surface area contributed by atoms with Gasteiger partial charge in [0.25, 0.3) is 0 Å². The number of nitrogens with one attached hydrogen (secondary N) is 2. The molecule has 5 nitrogen and oxygen atoms in total. The summed E-state index contributed by atoms with van der Waals surface area (Å²) in [6.07, 6.45) is 1.90. The number of rotatable bonds is 6. The lowest BCUT2D eigenvalue weighted by Gasteiger charge is -2.39. The molecule has 1 aliphatic heterocycles. The van der Waals surface area contributed by atoms with Crippen molar-refractivity contribution in [1.82, 2.24) is 15.5 Å². The van der Waals surface area contributed by atoms with Crippen molar-refractivity contribution in [3.8, 4) is 0 Å². The molecule has 0 saturated carbocycles. The minimum absolute atomic E-state index is 0.0164. The van der Waals surface area contributed by atoms with Crippen LogP contribution in [0.1, 0.15) is 39.2 Å². The van der Waals surface area contributed by atoms with Crippen molar-refractivity contribution in [2.24, 2.45) is 5.92 Å². The number of likely N-dealkylation sites (tertiary alicyclic amines) is 1. The fraction of sp³-hybridized carbons (Fsp3) is 0.579. The molecule has 2 rings (SSSR count). The van der Waals surface area contributed by atoms with Crippen molar-refractivity contribution < 1.29 is 9.59 Å². The first-order chi connectivity index (χ1) is 11.5. The standard InChI is InChI=1S/C19H29N3O2/c1-4-17-13-22(15(3)23)11-10-18(17)21-14(2)19(24)20-12-16-8-6-5-7-9-16/h5-9,14,17-18,21H,4,10-13H2,1-3H3,(H,20,24). The Bertz CT molecular complexity index is 547. The Hall–Kier alpha value is -1.88. The molecule has 2 amide bonds. The van der Waals surface area contributed by atoms with Gasteiger partial charge in [-0.05, 0) is 24.8 Å². The predicted molar refractivity (Wildman–Crippen MR) is 95.3 cm³/mol. The van der Waals surface area contributed by atoms with Crippen LogP contribution in [0.25, 0.3) is 0 Å². The van der Waals surface area contributed by atoms with Gasteiger partial charge < -0.3 is 15.5 Å². The van der Waals surface area contributed by atoms with Crippen molar-refractivity contribution in [2.75, 3.05) is 13.1 Å². The van der Waals surface area contributed by atoms with Gasteiger partial charge in [-0.2, -0.15) is 0 Å². The van der Waals surface area contributed by atoms with E-state index in [-0.39, 0.29) is 23.9 Å². The fourth-order valence-electron chi connectivity index (χ4n) is 3.29. The molecule has 0 radical (unpaired) electrons. The summed E-state index contributed by atoms with van der Waals surface area (Å²) in [5.74, 6) is 0.551. The lowest BCUT2D eigenvalue weighted by molar-refractivity contribution is -0.131. The lowest BCUT2D eigenvalue weighted by atomic mass is 9.89. The second-order valence-corrected chi connectivity index (χ2v) is 6.62. The fourth-order valence-corrected chi connectivity index (χ4v) is 3.29. The molecule has 2 N–H and O–H groups in total. The van der Waals surface area contributed by atoms with Gasteiger partial charge in [0.15, 0.2) is 0 Å². The highest BCUT2D eigenvalue weighted by atomic mass is 16.2. The van der Waals surface area contributed by atoms with Crippen LogP contribution in [-0.4, -0.2) is 41.9 Å². The maximum Gasteiger partial charge on any atom is 0.237 e. The van der Waals surface area contributed by atoms with Crippen LogP contribution in [0.4, 0.5) is 0 Å². The Labute approximate surface area is 144 Å². The predicted octanol–water partition coefficient (Wildman–Crippen LogP) is 1.93. The van der Waals surface area contributed by atoms with Crippen molar-refractivity contribution in [2.45, 2.75) is 52.2 Å². The molecule has 1 fully saturated rings. The first-order valence-corrected chi connectivity index (χ1v) is 8.84. The molecule has 3 unspecified atom stereocenters. The number of hydrogen-bond donors (Lipinski definition) is 2. The molecule has 5 heteroatoms. The quantitative estimate of drug-likeness (QED) is 0.837. The number of nitrogens with zero attached hydrogens (tertiary/aromatic N) is 1. The summed E-state index contributed by atoms with van der Waals surface area (Å²) in [6.45, 7) is 7.77. The van der Waals surface area contributed by atoms with Crippen LogP contribution >= 0.6 is 0 Å². The lowest BCUT2D eigenvalue weighted by Crippen LogP contribution is -2.55. The van der Waals surface area contributed by atoms with E-state index in [0.29, 0.717) is 12.5 Å². The van der Waals surface area contributed by atoms with Crippen molar-refractivity contribution in [3.05, 3.63) is 35.9 Å². The molecular weight excluding hydrogens is 302 g/mol. The average Bonchev–Trinajstić information content (AvgIpc) is 2.60. The topological polar surface area (TPSA) is 61.4 Å². The van der Waals surface area contributed by atoms with Gasteiger partial charge in [0.1, 0.15) is 0 Å². The molecule has 0 spiro atoms. The van der Waals surface area contributed by atoms with Crippen molar-refractivity contribution >= 4 is 11.8 Å². The first-order valence-electron chi connectivity index (χ1n) is 8.84. The summed E-state index contributed by atoms with van der Waals surface area (Å²) in [5, 5.41) is 6.45. The molecule has 0 bridgehead atoms. The summed E-state index contributed by atoms with van der Waals surface area (Å²) in [5.41, 5.74) is 1.10. The van der Waals surface area contributed by atoms with Crippen LogP contribution in [0.3, 0.4) is 0 Å². The Morgan fingerprint density at radius 3 is 2.62 bits per heavy atom. The molecule has 0 aromatic heterocycles. The van der Waals surface area contributed by atoms with Gasteiger partial charge >= 0.3 is 0 Å². The largest absolute Gasteiger partial charge is 0.351 e. The van der Waals surface area contributed by atoms with Gasteiger partial charge in [-0.1, -0.05) is 43.7 Å². The molecule has 1 saturated heterocycles. The number of hydrogen-bond acceptors (Lipinski definition) is 3. The van der Waals surface area contributed by atoms with Gasteiger partial charge in [-0.25, -0.2) is 0 Å². The zero-order chi connectivity index (χ0) is 17.5. The molecular formula is C19H29N3O2. The normalized spacial score (nSPS) is 22.0. The highest BCUT2D eigenvalue weighted by Gasteiger charge is 2.30. The summed E-state index contributed by atoms with van der Waals surface area (Å²) < 4.78 is 0. The first kappa shape index (κ1) is 18.5. The minimum atomic E-state index is -0.239. The number of benzene rings is 1. The highest BCUT2D eigenvalue weighted by molar-refractivity contribution is 5.81. The van der Waals surface area contributed by atoms with Crippen LogP contribution < -0.4 is 10.6 Å². The molecule has 24 heavy (non-hydrogen) atoms.